The molecule has 22 heavy (non-hydrogen) atoms. The fraction of sp³-hybridized carbons (Fsp3) is 0.250. The highest BCUT2D eigenvalue weighted by Crippen LogP contribution is 2.26. The molecule has 0 bridgehead atoms. The predicted octanol–water partition coefficient (Wildman–Crippen LogP) is 4.13. The van der Waals surface area contributed by atoms with E-state index < -0.39 is 0 Å². The van der Waals surface area contributed by atoms with Crippen LogP contribution in [0.1, 0.15) is 24.4 Å². The number of halogens is 1. The van der Waals surface area contributed by atoms with Crippen LogP contribution in [0, 0.1) is 5.82 Å². The van der Waals surface area contributed by atoms with Gasteiger partial charge in [0.05, 0.1) is 10.9 Å². The van der Waals surface area contributed by atoms with Crippen LogP contribution in [-0.2, 0) is 6.54 Å². The summed E-state index contributed by atoms with van der Waals surface area (Å²) in [4.78, 5) is 3.00. The summed E-state index contributed by atoms with van der Waals surface area (Å²) in [5.74, 6) is 0.870. The van der Waals surface area contributed by atoms with Crippen molar-refractivity contribution < 1.29 is 8.81 Å². The van der Waals surface area contributed by atoms with Crippen LogP contribution in [0.2, 0.25) is 0 Å². The van der Waals surface area contributed by atoms with E-state index >= 15 is 0 Å². The van der Waals surface area contributed by atoms with Gasteiger partial charge >= 0.3 is 0 Å². The van der Waals surface area contributed by atoms with Gasteiger partial charge in [0.15, 0.2) is 0 Å². The molecule has 0 amide bonds. The number of benzene rings is 1. The van der Waals surface area contributed by atoms with E-state index in [-0.39, 0.29) is 11.9 Å². The molecule has 1 aromatic carbocycles. The smallest absolute Gasteiger partial charge is 0.257 e. The number of hydrogen-bond acceptors (Lipinski definition) is 5. The molecule has 0 aliphatic rings. The highest BCUT2D eigenvalue weighted by atomic mass is 32.1. The molecule has 0 spiro atoms. The molecule has 0 fully saturated rings. The summed E-state index contributed by atoms with van der Waals surface area (Å²) in [6.45, 7) is 2.60. The van der Waals surface area contributed by atoms with Gasteiger partial charge in [-0.1, -0.05) is 18.2 Å². The Bertz CT molecular complexity index is 741. The van der Waals surface area contributed by atoms with E-state index in [0.717, 1.165) is 10.4 Å². The fourth-order valence-corrected chi connectivity index (χ4v) is 2.80. The van der Waals surface area contributed by atoms with Gasteiger partial charge in [0.2, 0.25) is 5.89 Å². The first kappa shape index (κ1) is 14.9. The van der Waals surface area contributed by atoms with Crippen molar-refractivity contribution in [2.24, 2.45) is 0 Å². The summed E-state index contributed by atoms with van der Waals surface area (Å²) < 4.78 is 19.0. The second-order valence-corrected chi connectivity index (χ2v) is 6.09. The maximum absolute atomic E-state index is 13.2. The summed E-state index contributed by atoms with van der Waals surface area (Å²) in [6, 6.07) is 10.4. The van der Waals surface area contributed by atoms with Crippen LogP contribution < -0.4 is 0 Å². The van der Waals surface area contributed by atoms with Gasteiger partial charge in [-0.25, -0.2) is 4.39 Å². The molecule has 0 N–H and O–H groups in total. The monoisotopic (exact) mass is 317 g/mol. The molecule has 2 aromatic heterocycles. The SMILES string of the molecule is C[C@@H](c1nnc(-c2cccs2)o1)N(C)Cc1cccc(F)c1. The third kappa shape index (κ3) is 3.23. The van der Waals surface area contributed by atoms with Crippen LogP contribution in [0.25, 0.3) is 10.8 Å². The van der Waals surface area contributed by atoms with Crippen LogP contribution in [0.15, 0.2) is 46.2 Å². The molecule has 3 aromatic rings. The molecular weight excluding hydrogens is 301 g/mol. The number of rotatable bonds is 5. The molecule has 4 nitrogen and oxygen atoms in total. The molecule has 0 aliphatic carbocycles. The Kier molecular flexibility index (Phi) is 4.31. The predicted molar refractivity (Wildman–Crippen MR) is 83.9 cm³/mol. The molecular formula is C16H16FN3OS. The van der Waals surface area contributed by atoms with Gasteiger partial charge in [-0.2, -0.15) is 0 Å². The lowest BCUT2D eigenvalue weighted by atomic mass is 10.2. The minimum absolute atomic E-state index is 0.0514. The van der Waals surface area contributed by atoms with E-state index in [2.05, 4.69) is 10.2 Å². The molecule has 0 saturated carbocycles. The largest absolute Gasteiger partial charge is 0.418 e. The van der Waals surface area contributed by atoms with Crippen LogP contribution in [-0.4, -0.2) is 22.1 Å². The average molecular weight is 317 g/mol. The molecule has 0 radical (unpaired) electrons. The maximum Gasteiger partial charge on any atom is 0.257 e. The Balaban J connectivity index is 1.72. The van der Waals surface area contributed by atoms with Crippen LogP contribution in [0.3, 0.4) is 0 Å². The first-order valence-electron chi connectivity index (χ1n) is 6.95. The Morgan fingerprint density at radius 1 is 1.27 bits per heavy atom. The van der Waals surface area contributed by atoms with E-state index in [0.29, 0.717) is 18.3 Å². The first-order valence-corrected chi connectivity index (χ1v) is 7.83. The van der Waals surface area contributed by atoms with Crippen molar-refractivity contribution in [3.8, 4) is 10.8 Å². The van der Waals surface area contributed by atoms with Gasteiger partial charge in [0.25, 0.3) is 5.89 Å². The third-order valence-corrected chi connectivity index (χ3v) is 4.37. The van der Waals surface area contributed by atoms with E-state index in [4.69, 9.17) is 4.42 Å². The zero-order chi connectivity index (χ0) is 15.5. The lowest BCUT2D eigenvalue weighted by Crippen LogP contribution is -2.22. The zero-order valence-electron chi connectivity index (χ0n) is 12.4. The van der Waals surface area contributed by atoms with Crippen molar-refractivity contribution in [1.29, 1.82) is 0 Å². The van der Waals surface area contributed by atoms with Gasteiger partial charge in [-0.05, 0) is 43.1 Å². The summed E-state index contributed by atoms with van der Waals surface area (Å²) in [7, 11) is 1.95. The fourth-order valence-electron chi connectivity index (χ4n) is 2.15. The van der Waals surface area contributed by atoms with Gasteiger partial charge in [-0.15, -0.1) is 21.5 Å². The van der Waals surface area contributed by atoms with Crippen molar-refractivity contribution in [3.05, 3.63) is 59.0 Å². The lowest BCUT2D eigenvalue weighted by molar-refractivity contribution is 0.218. The molecule has 114 valence electrons. The van der Waals surface area contributed by atoms with Crippen LogP contribution in [0.4, 0.5) is 4.39 Å². The Labute approximate surface area is 132 Å². The summed E-state index contributed by atoms with van der Waals surface area (Å²) >= 11 is 1.56. The summed E-state index contributed by atoms with van der Waals surface area (Å²) in [5.41, 5.74) is 0.910. The number of hydrogen-bond donors (Lipinski definition) is 0. The van der Waals surface area contributed by atoms with E-state index in [1.165, 1.54) is 12.1 Å². The molecule has 3 rings (SSSR count). The zero-order valence-corrected chi connectivity index (χ0v) is 13.2. The lowest BCUT2D eigenvalue weighted by Gasteiger charge is -2.21. The Morgan fingerprint density at radius 2 is 2.14 bits per heavy atom. The molecule has 6 heteroatoms. The molecule has 2 heterocycles. The van der Waals surface area contributed by atoms with E-state index in [1.54, 1.807) is 17.4 Å². The first-order chi connectivity index (χ1) is 10.6. The highest BCUT2D eigenvalue weighted by Gasteiger charge is 2.19. The van der Waals surface area contributed by atoms with E-state index in [9.17, 15) is 4.39 Å². The van der Waals surface area contributed by atoms with Gasteiger partial charge in [-0.3, -0.25) is 4.90 Å². The molecule has 0 unspecified atom stereocenters. The van der Waals surface area contributed by atoms with E-state index in [1.807, 2.05) is 42.5 Å². The quantitative estimate of drug-likeness (QED) is 0.709. The van der Waals surface area contributed by atoms with Crippen LogP contribution >= 0.6 is 11.3 Å². The number of thiophene rings is 1. The van der Waals surface area contributed by atoms with Crippen molar-refractivity contribution in [2.45, 2.75) is 19.5 Å². The third-order valence-electron chi connectivity index (χ3n) is 3.51. The number of aromatic nitrogens is 2. The van der Waals surface area contributed by atoms with Gasteiger partial charge in [0, 0.05) is 6.54 Å². The van der Waals surface area contributed by atoms with Gasteiger partial charge in [0.1, 0.15) is 5.82 Å². The van der Waals surface area contributed by atoms with Crippen molar-refractivity contribution >= 4 is 11.3 Å². The average Bonchev–Trinajstić information content (AvgIpc) is 3.17. The second-order valence-electron chi connectivity index (χ2n) is 5.14. The standard InChI is InChI=1S/C16H16FN3OS/c1-11(20(2)10-12-5-3-6-13(17)9-12)15-18-19-16(21-15)14-7-4-8-22-14/h3-9,11H,10H2,1-2H3/t11-/m0/s1. The Hall–Kier alpha value is -2.05. The molecule has 0 aliphatic heterocycles. The number of nitrogens with zero attached hydrogens (tertiary/aromatic N) is 3. The normalized spacial score (nSPS) is 12.7. The van der Waals surface area contributed by atoms with Crippen molar-refractivity contribution in [3.63, 3.8) is 0 Å². The highest BCUT2D eigenvalue weighted by molar-refractivity contribution is 7.13. The minimum Gasteiger partial charge on any atom is -0.418 e. The minimum atomic E-state index is -0.226. The second kappa shape index (κ2) is 6.37. The summed E-state index contributed by atoms with van der Waals surface area (Å²) in [5, 5.41) is 10.2. The Morgan fingerprint density at radius 3 is 2.86 bits per heavy atom. The maximum atomic E-state index is 13.2. The van der Waals surface area contributed by atoms with Crippen molar-refractivity contribution in [1.82, 2.24) is 15.1 Å². The topological polar surface area (TPSA) is 42.2 Å². The van der Waals surface area contributed by atoms with Crippen molar-refractivity contribution in [2.75, 3.05) is 7.05 Å². The van der Waals surface area contributed by atoms with Crippen LogP contribution in [0.5, 0.6) is 0 Å². The molecule has 1 atom stereocenters. The summed E-state index contributed by atoms with van der Waals surface area (Å²) in [6.07, 6.45) is 0. The van der Waals surface area contributed by atoms with Gasteiger partial charge < -0.3 is 4.42 Å². The molecule has 0 saturated heterocycles.